The van der Waals surface area contributed by atoms with Crippen molar-refractivity contribution < 1.29 is 4.74 Å². The van der Waals surface area contributed by atoms with Gasteiger partial charge in [-0.15, -0.1) is 0 Å². The maximum Gasteiger partial charge on any atom is 0.132 e. The number of hydrogen-bond acceptors (Lipinski definition) is 3. The summed E-state index contributed by atoms with van der Waals surface area (Å²) in [5.74, 6) is 0.897. The highest BCUT2D eigenvalue weighted by atomic mass is 16.5. The molecule has 102 valence electrons. The fourth-order valence-corrected chi connectivity index (χ4v) is 2.20. The lowest BCUT2D eigenvalue weighted by atomic mass is 10.1. The highest BCUT2D eigenvalue weighted by Crippen LogP contribution is 2.19. The lowest BCUT2D eigenvalue weighted by Gasteiger charge is -2.08. The van der Waals surface area contributed by atoms with Crippen LogP contribution < -0.4 is 10.1 Å². The molecule has 0 bridgehead atoms. The minimum Gasteiger partial charge on any atom is -0.487 e. The van der Waals surface area contributed by atoms with Gasteiger partial charge in [-0.2, -0.15) is 5.10 Å². The molecule has 1 heterocycles. The zero-order valence-corrected chi connectivity index (χ0v) is 12.0. The smallest absolute Gasteiger partial charge is 0.132 e. The number of ether oxygens (including phenoxy) is 1. The summed E-state index contributed by atoms with van der Waals surface area (Å²) in [5, 5.41) is 10.5. The third kappa shape index (κ3) is 3.35. The molecule has 0 saturated carbocycles. The number of aryl methyl sites for hydroxylation is 3. The molecule has 0 amide bonds. The maximum atomic E-state index is 5.84. The van der Waals surface area contributed by atoms with E-state index in [1.807, 2.05) is 26.1 Å². The first kappa shape index (κ1) is 13.6. The van der Waals surface area contributed by atoms with E-state index in [1.54, 1.807) is 0 Å². The Kier molecular flexibility index (Phi) is 4.22. The van der Waals surface area contributed by atoms with E-state index in [1.165, 1.54) is 16.7 Å². The lowest BCUT2D eigenvalue weighted by Crippen LogP contribution is -2.09. The zero-order chi connectivity index (χ0) is 13.8. The first-order valence-electron chi connectivity index (χ1n) is 6.48. The van der Waals surface area contributed by atoms with Crippen molar-refractivity contribution in [2.75, 3.05) is 7.05 Å². The zero-order valence-electron chi connectivity index (χ0n) is 12.0. The van der Waals surface area contributed by atoms with Crippen LogP contribution in [-0.2, 0) is 13.2 Å². The van der Waals surface area contributed by atoms with Crippen molar-refractivity contribution in [3.8, 4) is 5.75 Å². The standard InChI is InChI=1S/C15H21N3O/c1-10-5-11(2)7-13(6-10)19-9-15-14(8-16-4)12(3)17-18-15/h5-7,16H,8-9H2,1-4H3,(H,17,18). The molecule has 1 aromatic carbocycles. The van der Waals surface area contributed by atoms with Crippen LogP contribution in [0.2, 0.25) is 0 Å². The van der Waals surface area contributed by atoms with E-state index < -0.39 is 0 Å². The van der Waals surface area contributed by atoms with Gasteiger partial charge in [-0.3, -0.25) is 5.10 Å². The molecule has 0 fully saturated rings. The van der Waals surface area contributed by atoms with Crippen LogP contribution in [0, 0.1) is 20.8 Å². The number of aromatic amines is 1. The number of aromatic nitrogens is 2. The highest BCUT2D eigenvalue weighted by molar-refractivity contribution is 5.33. The number of nitrogens with zero attached hydrogens (tertiary/aromatic N) is 1. The molecule has 4 nitrogen and oxygen atoms in total. The summed E-state index contributed by atoms with van der Waals surface area (Å²) in [6.07, 6.45) is 0. The highest BCUT2D eigenvalue weighted by Gasteiger charge is 2.10. The predicted molar refractivity (Wildman–Crippen MR) is 76.3 cm³/mol. The van der Waals surface area contributed by atoms with Gasteiger partial charge in [-0.05, 0) is 51.1 Å². The van der Waals surface area contributed by atoms with Crippen LogP contribution in [-0.4, -0.2) is 17.2 Å². The summed E-state index contributed by atoms with van der Waals surface area (Å²) in [5.41, 5.74) is 5.67. The predicted octanol–water partition coefficient (Wildman–Crippen LogP) is 2.63. The van der Waals surface area contributed by atoms with Crippen molar-refractivity contribution >= 4 is 0 Å². The topological polar surface area (TPSA) is 49.9 Å². The third-order valence-corrected chi connectivity index (χ3v) is 3.08. The van der Waals surface area contributed by atoms with E-state index in [-0.39, 0.29) is 0 Å². The molecular formula is C15H21N3O. The first-order valence-corrected chi connectivity index (χ1v) is 6.48. The number of hydrogen-bond donors (Lipinski definition) is 2. The molecule has 1 aromatic heterocycles. The van der Waals surface area contributed by atoms with E-state index >= 15 is 0 Å². The lowest BCUT2D eigenvalue weighted by molar-refractivity contribution is 0.299. The normalized spacial score (nSPS) is 10.7. The monoisotopic (exact) mass is 259 g/mol. The van der Waals surface area contributed by atoms with Crippen LogP contribution in [0.3, 0.4) is 0 Å². The Morgan fingerprint density at radius 1 is 1.16 bits per heavy atom. The molecule has 0 aliphatic carbocycles. The van der Waals surface area contributed by atoms with Crippen LogP contribution in [0.1, 0.15) is 28.1 Å². The van der Waals surface area contributed by atoms with Gasteiger partial charge < -0.3 is 10.1 Å². The number of nitrogens with one attached hydrogen (secondary N) is 2. The minimum absolute atomic E-state index is 0.490. The van der Waals surface area contributed by atoms with Gasteiger partial charge in [0.2, 0.25) is 0 Å². The van der Waals surface area contributed by atoms with Crippen LogP contribution >= 0.6 is 0 Å². The molecule has 0 radical (unpaired) electrons. The molecular weight excluding hydrogens is 238 g/mol. The van der Waals surface area contributed by atoms with Gasteiger partial charge in [0, 0.05) is 17.8 Å². The Morgan fingerprint density at radius 3 is 2.47 bits per heavy atom. The largest absolute Gasteiger partial charge is 0.487 e. The van der Waals surface area contributed by atoms with Gasteiger partial charge in [-0.1, -0.05) is 6.07 Å². The fourth-order valence-electron chi connectivity index (χ4n) is 2.20. The molecule has 0 atom stereocenters. The molecule has 2 rings (SSSR count). The van der Waals surface area contributed by atoms with E-state index in [9.17, 15) is 0 Å². The van der Waals surface area contributed by atoms with Crippen molar-refractivity contribution in [1.82, 2.24) is 15.5 Å². The molecule has 0 aliphatic rings. The molecule has 4 heteroatoms. The Hall–Kier alpha value is -1.81. The molecule has 2 N–H and O–H groups in total. The van der Waals surface area contributed by atoms with Crippen LogP contribution in [0.25, 0.3) is 0 Å². The van der Waals surface area contributed by atoms with E-state index in [0.717, 1.165) is 23.7 Å². The summed E-state index contributed by atoms with van der Waals surface area (Å²) >= 11 is 0. The van der Waals surface area contributed by atoms with Gasteiger partial charge in [0.1, 0.15) is 18.1 Å². The van der Waals surface area contributed by atoms with Crippen LogP contribution in [0.15, 0.2) is 18.2 Å². The van der Waals surface area contributed by atoms with Gasteiger partial charge >= 0.3 is 0 Å². The summed E-state index contributed by atoms with van der Waals surface area (Å²) in [7, 11) is 1.93. The first-order chi connectivity index (χ1) is 9.10. The summed E-state index contributed by atoms with van der Waals surface area (Å²) in [6.45, 7) is 7.47. The Bertz CT molecular complexity index is 540. The second-order valence-electron chi connectivity index (χ2n) is 4.92. The quantitative estimate of drug-likeness (QED) is 0.868. The maximum absolute atomic E-state index is 5.84. The second-order valence-corrected chi connectivity index (χ2v) is 4.92. The average molecular weight is 259 g/mol. The SMILES string of the molecule is CNCc1c(COc2cc(C)cc(C)c2)n[nH]c1C. The molecule has 19 heavy (non-hydrogen) atoms. The fraction of sp³-hybridized carbons (Fsp3) is 0.400. The van der Waals surface area contributed by atoms with Crippen molar-refractivity contribution in [2.45, 2.75) is 33.9 Å². The molecule has 0 unspecified atom stereocenters. The van der Waals surface area contributed by atoms with E-state index in [0.29, 0.717) is 6.61 Å². The van der Waals surface area contributed by atoms with Gasteiger partial charge in [-0.25, -0.2) is 0 Å². The Balaban J connectivity index is 2.10. The van der Waals surface area contributed by atoms with Gasteiger partial charge in [0.05, 0.1) is 0 Å². The number of rotatable bonds is 5. The van der Waals surface area contributed by atoms with Crippen LogP contribution in [0.5, 0.6) is 5.75 Å². The van der Waals surface area contributed by atoms with Crippen molar-refractivity contribution in [1.29, 1.82) is 0 Å². The summed E-state index contributed by atoms with van der Waals surface area (Å²) < 4.78 is 5.84. The second kappa shape index (κ2) is 5.89. The number of H-pyrrole nitrogens is 1. The molecule has 0 spiro atoms. The molecule has 2 aromatic rings. The van der Waals surface area contributed by atoms with Crippen molar-refractivity contribution in [2.24, 2.45) is 0 Å². The summed E-state index contributed by atoms with van der Waals surface area (Å²) in [4.78, 5) is 0. The van der Waals surface area contributed by atoms with Gasteiger partial charge in [0.25, 0.3) is 0 Å². The minimum atomic E-state index is 0.490. The van der Waals surface area contributed by atoms with Crippen LogP contribution in [0.4, 0.5) is 0 Å². The van der Waals surface area contributed by atoms with Crippen molar-refractivity contribution in [3.05, 3.63) is 46.3 Å². The third-order valence-electron chi connectivity index (χ3n) is 3.08. The Labute approximate surface area is 114 Å². The van der Waals surface area contributed by atoms with Gasteiger partial charge in [0.15, 0.2) is 0 Å². The molecule has 0 aliphatic heterocycles. The average Bonchev–Trinajstić information content (AvgIpc) is 2.68. The van der Waals surface area contributed by atoms with Crippen molar-refractivity contribution in [3.63, 3.8) is 0 Å². The molecule has 0 saturated heterocycles. The Morgan fingerprint density at radius 2 is 1.84 bits per heavy atom. The number of benzene rings is 1. The van der Waals surface area contributed by atoms with E-state index in [2.05, 4.69) is 35.4 Å². The summed E-state index contributed by atoms with van der Waals surface area (Å²) in [6, 6.07) is 6.23. The van der Waals surface area contributed by atoms with E-state index in [4.69, 9.17) is 4.74 Å².